The van der Waals surface area contributed by atoms with E-state index in [0.29, 0.717) is 13.0 Å². The first kappa shape index (κ1) is 25.6. The van der Waals surface area contributed by atoms with Crippen LogP contribution in [0.3, 0.4) is 0 Å². The second-order valence-corrected chi connectivity index (χ2v) is 9.92. The number of methoxy groups -OCH3 is 1. The van der Waals surface area contributed by atoms with Gasteiger partial charge in [-0.3, -0.25) is 4.79 Å². The number of halogens is 2. The van der Waals surface area contributed by atoms with Crippen LogP contribution in [-0.2, 0) is 24.2 Å². The minimum Gasteiger partial charge on any atom is -0.493 e. The Labute approximate surface area is 186 Å². The lowest BCUT2D eigenvalue weighted by Gasteiger charge is -2.29. The summed E-state index contributed by atoms with van der Waals surface area (Å²) in [6.07, 6.45) is 2.53. The lowest BCUT2D eigenvalue weighted by Crippen LogP contribution is -2.45. The molecule has 1 aliphatic rings. The molecule has 1 aromatic carbocycles. The SMILES string of the molecule is COc1cccc(C=CC(=O)OCC(=O)N(CC(C)C)C2CCS(=O)(=O)C2)c1OC(F)F. The van der Waals surface area contributed by atoms with Crippen LogP contribution in [0.15, 0.2) is 24.3 Å². The normalized spacial score (nSPS) is 17.7. The molecule has 0 aliphatic carbocycles. The number of rotatable bonds is 10. The van der Waals surface area contributed by atoms with E-state index in [0.717, 1.165) is 6.08 Å². The second kappa shape index (κ2) is 11.3. The monoisotopic (exact) mass is 475 g/mol. The zero-order valence-electron chi connectivity index (χ0n) is 18.1. The highest BCUT2D eigenvalue weighted by molar-refractivity contribution is 7.91. The van der Waals surface area contributed by atoms with E-state index in [2.05, 4.69) is 4.74 Å². The van der Waals surface area contributed by atoms with Gasteiger partial charge in [0.05, 0.1) is 18.6 Å². The highest BCUT2D eigenvalue weighted by Crippen LogP contribution is 2.33. The Kier molecular flexibility index (Phi) is 8.99. The average molecular weight is 476 g/mol. The van der Waals surface area contributed by atoms with E-state index in [9.17, 15) is 26.8 Å². The van der Waals surface area contributed by atoms with Crippen molar-refractivity contribution in [2.45, 2.75) is 32.9 Å². The molecule has 0 radical (unpaired) electrons. The van der Waals surface area contributed by atoms with Crippen molar-refractivity contribution in [1.82, 2.24) is 4.90 Å². The fraction of sp³-hybridized carbons (Fsp3) is 0.524. The first-order chi connectivity index (χ1) is 15.0. The molecule has 1 aromatic rings. The number of para-hydroxylation sites is 1. The van der Waals surface area contributed by atoms with Crippen molar-refractivity contribution in [3.8, 4) is 11.5 Å². The topological polar surface area (TPSA) is 99.2 Å². The van der Waals surface area contributed by atoms with Gasteiger partial charge in [0.2, 0.25) is 0 Å². The van der Waals surface area contributed by atoms with Crippen LogP contribution in [0.1, 0.15) is 25.8 Å². The van der Waals surface area contributed by atoms with Crippen LogP contribution in [-0.4, -0.2) is 69.6 Å². The Bertz CT molecular complexity index is 947. The number of alkyl halides is 2. The van der Waals surface area contributed by atoms with Crippen molar-refractivity contribution in [2.24, 2.45) is 5.92 Å². The Balaban J connectivity index is 2.03. The molecule has 8 nitrogen and oxygen atoms in total. The maximum atomic E-state index is 12.7. The van der Waals surface area contributed by atoms with E-state index < -0.39 is 41.0 Å². The maximum absolute atomic E-state index is 12.7. The Morgan fingerprint density at radius 1 is 1.28 bits per heavy atom. The zero-order chi connectivity index (χ0) is 23.9. The van der Waals surface area contributed by atoms with Crippen LogP contribution in [0.4, 0.5) is 8.78 Å². The fourth-order valence-electron chi connectivity index (χ4n) is 3.33. The van der Waals surface area contributed by atoms with E-state index in [-0.39, 0.29) is 34.5 Å². The van der Waals surface area contributed by atoms with Crippen molar-refractivity contribution < 1.29 is 41.0 Å². The highest BCUT2D eigenvalue weighted by Gasteiger charge is 2.35. The molecule has 11 heteroatoms. The molecular weight excluding hydrogens is 448 g/mol. The third-order valence-corrected chi connectivity index (χ3v) is 6.45. The zero-order valence-corrected chi connectivity index (χ0v) is 18.9. The first-order valence-electron chi connectivity index (χ1n) is 9.99. The number of hydrogen-bond donors (Lipinski definition) is 0. The maximum Gasteiger partial charge on any atom is 0.387 e. The van der Waals surface area contributed by atoms with Gasteiger partial charge in [0.15, 0.2) is 27.9 Å². The number of carbonyl (C=O) groups is 2. The number of ether oxygens (including phenoxy) is 3. The third-order valence-electron chi connectivity index (χ3n) is 4.70. The van der Waals surface area contributed by atoms with E-state index in [1.54, 1.807) is 0 Å². The van der Waals surface area contributed by atoms with Gasteiger partial charge in [0.1, 0.15) is 0 Å². The fourth-order valence-corrected chi connectivity index (χ4v) is 5.06. The summed E-state index contributed by atoms with van der Waals surface area (Å²) in [5, 5.41) is 0. The van der Waals surface area contributed by atoms with Crippen molar-refractivity contribution in [3.63, 3.8) is 0 Å². The van der Waals surface area contributed by atoms with Gasteiger partial charge in [-0.15, -0.1) is 0 Å². The molecule has 1 aliphatic heterocycles. The summed E-state index contributed by atoms with van der Waals surface area (Å²) >= 11 is 0. The van der Waals surface area contributed by atoms with Gasteiger partial charge in [-0.25, -0.2) is 13.2 Å². The molecule has 1 atom stereocenters. The van der Waals surface area contributed by atoms with Crippen molar-refractivity contribution in [2.75, 3.05) is 31.8 Å². The minimum absolute atomic E-state index is 0.0195. The van der Waals surface area contributed by atoms with E-state index >= 15 is 0 Å². The number of nitrogens with zero attached hydrogens (tertiary/aromatic N) is 1. The summed E-state index contributed by atoms with van der Waals surface area (Å²) in [6, 6.07) is 3.96. The molecule has 0 N–H and O–H groups in total. The number of esters is 1. The van der Waals surface area contributed by atoms with E-state index in [1.807, 2.05) is 13.8 Å². The molecule has 1 heterocycles. The van der Waals surface area contributed by atoms with E-state index in [1.165, 1.54) is 36.3 Å². The quantitative estimate of drug-likeness (QED) is 0.379. The molecule has 0 spiro atoms. The predicted molar refractivity (Wildman–Crippen MR) is 113 cm³/mol. The molecule has 0 bridgehead atoms. The molecule has 0 aromatic heterocycles. The second-order valence-electron chi connectivity index (χ2n) is 7.69. The van der Waals surface area contributed by atoms with Crippen LogP contribution >= 0.6 is 0 Å². The van der Waals surface area contributed by atoms with Gasteiger partial charge in [0, 0.05) is 24.2 Å². The lowest BCUT2D eigenvalue weighted by molar-refractivity contribution is -0.149. The third kappa shape index (κ3) is 7.47. The Morgan fingerprint density at radius 2 is 2.00 bits per heavy atom. The first-order valence-corrected chi connectivity index (χ1v) is 11.8. The summed E-state index contributed by atoms with van der Waals surface area (Å²) in [6.45, 7) is 0.474. The molecule has 178 valence electrons. The summed E-state index contributed by atoms with van der Waals surface area (Å²) in [7, 11) is -1.90. The van der Waals surface area contributed by atoms with Gasteiger partial charge >= 0.3 is 12.6 Å². The van der Waals surface area contributed by atoms with Gasteiger partial charge in [-0.2, -0.15) is 8.78 Å². The number of benzene rings is 1. The number of carbonyl (C=O) groups excluding carboxylic acids is 2. The van der Waals surface area contributed by atoms with Crippen LogP contribution in [0.25, 0.3) is 6.08 Å². The molecule has 1 unspecified atom stereocenters. The number of sulfone groups is 1. The number of amides is 1. The summed E-state index contributed by atoms with van der Waals surface area (Å²) in [5.74, 6) is -1.53. The molecule has 2 rings (SSSR count). The smallest absolute Gasteiger partial charge is 0.387 e. The average Bonchev–Trinajstić information content (AvgIpc) is 3.08. The van der Waals surface area contributed by atoms with Crippen molar-refractivity contribution in [3.05, 3.63) is 29.8 Å². The van der Waals surface area contributed by atoms with Crippen molar-refractivity contribution >= 4 is 27.8 Å². The summed E-state index contributed by atoms with van der Waals surface area (Å²) < 4.78 is 63.4. The molecular formula is C21H27F2NO7S. The van der Waals surface area contributed by atoms with Crippen LogP contribution < -0.4 is 9.47 Å². The molecule has 0 saturated carbocycles. The molecule has 32 heavy (non-hydrogen) atoms. The lowest BCUT2D eigenvalue weighted by atomic mass is 10.1. The van der Waals surface area contributed by atoms with Crippen molar-refractivity contribution in [1.29, 1.82) is 0 Å². The molecule has 1 saturated heterocycles. The minimum atomic E-state index is -3.19. The van der Waals surface area contributed by atoms with Gasteiger partial charge in [-0.1, -0.05) is 26.0 Å². The van der Waals surface area contributed by atoms with Crippen LogP contribution in [0.5, 0.6) is 11.5 Å². The van der Waals surface area contributed by atoms with Gasteiger partial charge in [-0.05, 0) is 24.5 Å². The Hall–Kier alpha value is -2.69. The largest absolute Gasteiger partial charge is 0.493 e. The number of hydrogen-bond acceptors (Lipinski definition) is 7. The summed E-state index contributed by atoms with van der Waals surface area (Å²) in [4.78, 5) is 26.2. The van der Waals surface area contributed by atoms with Gasteiger partial charge in [0.25, 0.3) is 5.91 Å². The van der Waals surface area contributed by atoms with Crippen LogP contribution in [0.2, 0.25) is 0 Å². The highest BCUT2D eigenvalue weighted by atomic mass is 32.2. The van der Waals surface area contributed by atoms with Crippen LogP contribution in [0, 0.1) is 5.92 Å². The van der Waals surface area contributed by atoms with Gasteiger partial charge < -0.3 is 19.1 Å². The summed E-state index contributed by atoms with van der Waals surface area (Å²) in [5.41, 5.74) is 0.158. The molecule has 1 fully saturated rings. The van der Waals surface area contributed by atoms with E-state index in [4.69, 9.17) is 9.47 Å². The Morgan fingerprint density at radius 3 is 2.56 bits per heavy atom. The predicted octanol–water partition coefficient (Wildman–Crippen LogP) is 2.52. The molecule has 1 amide bonds. The standard InChI is InChI=1S/C21H27F2NO7S/c1-14(2)11-24(16-9-10-32(27,28)13-16)18(25)12-30-19(26)8-7-15-5-4-6-17(29-3)20(15)31-21(22)23/h4-8,14,16,21H,9-13H2,1-3H3.